The van der Waals surface area contributed by atoms with Gasteiger partial charge in [-0.3, -0.25) is 0 Å². The Morgan fingerprint density at radius 3 is 2.36 bits per heavy atom. The number of nitrogens with zero attached hydrogens (tertiary/aromatic N) is 1. The lowest BCUT2D eigenvalue weighted by Crippen LogP contribution is -2.22. The molecule has 1 rings (SSSR count). The molecule has 0 aliphatic carbocycles. The van der Waals surface area contributed by atoms with E-state index < -0.39 is 0 Å². The highest BCUT2D eigenvalue weighted by Gasteiger charge is 2.31. The van der Waals surface area contributed by atoms with Crippen molar-refractivity contribution in [3.8, 4) is 6.07 Å². The third-order valence-electron chi connectivity index (χ3n) is 2.56. The maximum atomic E-state index is 9.37. The molecule has 0 aliphatic heterocycles. The highest BCUT2D eigenvalue weighted by Crippen LogP contribution is 2.36. The molecule has 0 spiro atoms. The Bertz CT molecular complexity index is 289. The van der Waals surface area contributed by atoms with Crippen molar-refractivity contribution in [2.24, 2.45) is 0 Å². The molecule has 76 valence electrons. The average Bonchev–Trinajstić information content (AvgIpc) is 2.70. The maximum absolute atomic E-state index is 9.37. The SMILES string of the molecule is CCCC(C#N)(CCC)c1cccs1. The molecule has 0 bridgehead atoms. The Labute approximate surface area is 90.4 Å². The van der Waals surface area contributed by atoms with Crippen LogP contribution in [0.4, 0.5) is 0 Å². The van der Waals surface area contributed by atoms with E-state index >= 15 is 0 Å². The molecule has 0 fully saturated rings. The van der Waals surface area contributed by atoms with Gasteiger partial charge in [-0.2, -0.15) is 5.26 Å². The molecule has 1 heterocycles. The van der Waals surface area contributed by atoms with Gasteiger partial charge in [-0.1, -0.05) is 32.8 Å². The Balaban J connectivity index is 2.96. The summed E-state index contributed by atoms with van der Waals surface area (Å²) in [5, 5.41) is 11.4. The fourth-order valence-electron chi connectivity index (χ4n) is 1.94. The van der Waals surface area contributed by atoms with E-state index in [1.165, 1.54) is 4.88 Å². The van der Waals surface area contributed by atoms with Crippen molar-refractivity contribution >= 4 is 11.3 Å². The minimum atomic E-state index is -0.211. The lowest BCUT2D eigenvalue weighted by molar-refractivity contribution is 0.461. The van der Waals surface area contributed by atoms with Crippen LogP contribution in [0, 0.1) is 11.3 Å². The van der Waals surface area contributed by atoms with Crippen LogP contribution in [-0.4, -0.2) is 0 Å². The van der Waals surface area contributed by atoms with Crippen LogP contribution in [0.5, 0.6) is 0 Å². The molecule has 0 saturated carbocycles. The van der Waals surface area contributed by atoms with Crippen LogP contribution < -0.4 is 0 Å². The molecule has 1 nitrogen and oxygen atoms in total. The second-order valence-corrected chi connectivity index (χ2v) is 4.62. The zero-order valence-corrected chi connectivity index (χ0v) is 9.73. The normalized spacial score (nSPS) is 11.2. The van der Waals surface area contributed by atoms with Gasteiger partial charge in [0, 0.05) is 4.88 Å². The molecule has 14 heavy (non-hydrogen) atoms. The van der Waals surface area contributed by atoms with Gasteiger partial charge in [0.2, 0.25) is 0 Å². The third-order valence-corrected chi connectivity index (χ3v) is 3.63. The lowest BCUT2D eigenvalue weighted by atomic mass is 9.79. The van der Waals surface area contributed by atoms with Crippen molar-refractivity contribution in [2.75, 3.05) is 0 Å². The number of hydrogen-bond donors (Lipinski definition) is 0. The summed E-state index contributed by atoms with van der Waals surface area (Å²) in [6.07, 6.45) is 4.12. The molecule has 1 aromatic heterocycles. The first-order valence-electron chi connectivity index (χ1n) is 5.24. The average molecular weight is 207 g/mol. The molecule has 0 N–H and O–H groups in total. The van der Waals surface area contributed by atoms with Crippen LogP contribution in [0.2, 0.25) is 0 Å². The van der Waals surface area contributed by atoms with Crippen LogP contribution in [0.15, 0.2) is 17.5 Å². The zero-order valence-electron chi connectivity index (χ0n) is 8.92. The predicted molar refractivity (Wildman–Crippen MR) is 61.4 cm³/mol. The summed E-state index contributed by atoms with van der Waals surface area (Å²) in [4.78, 5) is 1.24. The van der Waals surface area contributed by atoms with Crippen molar-refractivity contribution in [1.82, 2.24) is 0 Å². The van der Waals surface area contributed by atoms with Crippen LogP contribution in [0.25, 0.3) is 0 Å². The van der Waals surface area contributed by atoms with E-state index in [0.717, 1.165) is 25.7 Å². The number of rotatable bonds is 5. The van der Waals surface area contributed by atoms with E-state index in [2.05, 4.69) is 31.4 Å². The van der Waals surface area contributed by atoms with E-state index in [4.69, 9.17) is 0 Å². The topological polar surface area (TPSA) is 23.8 Å². The lowest BCUT2D eigenvalue weighted by Gasteiger charge is -2.24. The van der Waals surface area contributed by atoms with Crippen molar-refractivity contribution in [3.05, 3.63) is 22.4 Å². The largest absolute Gasteiger partial charge is 0.197 e. The summed E-state index contributed by atoms with van der Waals surface area (Å²) in [5.41, 5.74) is -0.211. The summed E-state index contributed by atoms with van der Waals surface area (Å²) in [7, 11) is 0. The first kappa shape index (κ1) is 11.3. The van der Waals surface area contributed by atoms with Crippen LogP contribution >= 0.6 is 11.3 Å². The molecule has 2 heteroatoms. The minimum Gasteiger partial charge on any atom is -0.197 e. The third kappa shape index (κ3) is 2.16. The van der Waals surface area contributed by atoms with Gasteiger partial charge in [-0.25, -0.2) is 0 Å². The molecule has 0 unspecified atom stereocenters. The molecular formula is C12H17NS. The highest BCUT2D eigenvalue weighted by atomic mass is 32.1. The molecule has 1 aromatic rings. The van der Waals surface area contributed by atoms with E-state index in [0.29, 0.717) is 0 Å². The number of hydrogen-bond acceptors (Lipinski definition) is 2. The van der Waals surface area contributed by atoms with Crippen molar-refractivity contribution in [1.29, 1.82) is 5.26 Å². The van der Waals surface area contributed by atoms with E-state index in [-0.39, 0.29) is 5.41 Å². The fourth-order valence-corrected chi connectivity index (χ4v) is 2.88. The number of nitriles is 1. The van der Waals surface area contributed by atoms with Crippen LogP contribution in [0.3, 0.4) is 0 Å². The molecule has 0 aromatic carbocycles. The molecule has 0 atom stereocenters. The first-order valence-corrected chi connectivity index (χ1v) is 6.12. The van der Waals surface area contributed by atoms with Gasteiger partial charge in [-0.05, 0) is 24.3 Å². The van der Waals surface area contributed by atoms with Gasteiger partial charge in [0.25, 0.3) is 0 Å². The smallest absolute Gasteiger partial charge is 0.0914 e. The quantitative estimate of drug-likeness (QED) is 0.712. The van der Waals surface area contributed by atoms with E-state index in [1.807, 2.05) is 6.07 Å². The van der Waals surface area contributed by atoms with E-state index in [1.54, 1.807) is 11.3 Å². The summed E-state index contributed by atoms with van der Waals surface area (Å²) < 4.78 is 0. The van der Waals surface area contributed by atoms with E-state index in [9.17, 15) is 5.26 Å². The van der Waals surface area contributed by atoms with Gasteiger partial charge in [0.1, 0.15) is 0 Å². The summed E-state index contributed by atoms with van der Waals surface area (Å²) in [6, 6.07) is 6.67. The fraction of sp³-hybridized carbons (Fsp3) is 0.583. The summed E-state index contributed by atoms with van der Waals surface area (Å²) >= 11 is 1.71. The second-order valence-electron chi connectivity index (χ2n) is 3.67. The zero-order chi connectivity index (χ0) is 10.4. The van der Waals surface area contributed by atoms with Crippen molar-refractivity contribution < 1.29 is 0 Å². The second kappa shape index (κ2) is 5.17. The van der Waals surface area contributed by atoms with Gasteiger partial charge in [0.15, 0.2) is 0 Å². The predicted octanol–water partition coefficient (Wildman–Crippen LogP) is 4.11. The number of thiophene rings is 1. The van der Waals surface area contributed by atoms with Crippen molar-refractivity contribution in [2.45, 2.75) is 44.9 Å². The maximum Gasteiger partial charge on any atom is 0.0914 e. The molecule has 0 aliphatic rings. The Morgan fingerprint density at radius 2 is 2.00 bits per heavy atom. The van der Waals surface area contributed by atoms with Crippen LogP contribution in [0.1, 0.15) is 44.4 Å². The Kier molecular flexibility index (Phi) is 4.16. The standard InChI is InChI=1S/C12H17NS/c1-3-7-12(10-13,8-4-2)11-6-5-9-14-11/h5-6,9H,3-4,7-8H2,1-2H3. The molecule has 0 radical (unpaired) electrons. The monoisotopic (exact) mass is 207 g/mol. The van der Waals surface area contributed by atoms with Gasteiger partial charge in [-0.15, -0.1) is 11.3 Å². The Morgan fingerprint density at radius 1 is 1.36 bits per heavy atom. The van der Waals surface area contributed by atoms with Crippen LogP contribution in [-0.2, 0) is 5.41 Å². The van der Waals surface area contributed by atoms with Gasteiger partial charge < -0.3 is 0 Å². The van der Waals surface area contributed by atoms with Crippen molar-refractivity contribution in [3.63, 3.8) is 0 Å². The molecule has 0 saturated heterocycles. The Hall–Kier alpha value is -0.810. The molecule has 0 amide bonds. The van der Waals surface area contributed by atoms with Gasteiger partial charge in [0.05, 0.1) is 11.5 Å². The molecular weight excluding hydrogens is 190 g/mol. The highest BCUT2D eigenvalue weighted by molar-refractivity contribution is 7.10. The van der Waals surface area contributed by atoms with Gasteiger partial charge >= 0.3 is 0 Å². The summed E-state index contributed by atoms with van der Waals surface area (Å²) in [5.74, 6) is 0. The first-order chi connectivity index (χ1) is 6.79. The minimum absolute atomic E-state index is 0.211. The summed E-state index contributed by atoms with van der Waals surface area (Å²) in [6.45, 7) is 4.30.